The molecule has 7 heteroatoms. The first-order chi connectivity index (χ1) is 11.7. The second-order valence-corrected chi connectivity index (χ2v) is 7.41. The van der Waals surface area contributed by atoms with Gasteiger partial charge in [0.2, 0.25) is 5.91 Å². The molecule has 1 N–H and O–H groups in total. The summed E-state index contributed by atoms with van der Waals surface area (Å²) in [7, 11) is 0. The Morgan fingerprint density at radius 1 is 1.50 bits per heavy atom. The van der Waals surface area contributed by atoms with Crippen molar-refractivity contribution in [2.75, 3.05) is 18.4 Å². The molecule has 0 aromatic carbocycles. The molecule has 0 saturated carbocycles. The van der Waals surface area contributed by atoms with E-state index in [1.807, 2.05) is 16.9 Å². The van der Waals surface area contributed by atoms with Gasteiger partial charge >= 0.3 is 0 Å². The van der Waals surface area contributed by atoms with Crippen molar-refractivity contribution < 1.29 is 4.79 Å². The predicted molar refractivity (Wildman–Crippen MR) is 95.9 cm³/mol. The molecule has 6 nitrogen and oxygen atoms in total. The molecule has 0 bridgehead atoms. The van der Waals surface area contributed by atoms with Crippen LogP contribution >= 0.6 is 11.3 Å². The van der Waals surface area contributed by atoms with Crippen LogP contribution in [-0.2, 0) is 17.9 Å². The number of aryl methyl sites for hydroxylation is 1. The van der Waals surface area contributed by atoms with E-state index < -0.39 is 0 Å². The van der Waals surface area contributed by atoms with Gasteiger partial charge in [0, 0.05) is 43.8 Å². The van der Waals surface area contributed by atoms with Gasteiger partial charge in [-0.15, -0.1) is 11.3 Å². The Balaban J connectivity index is 1.40. The van der Waals surface area contributed by atoms with Gasteiger partial charge in [0.15, 0.2) is 5.13 Å². The van der Waals surface area contributed by atoms with Crippen LogP contribution in [0.2, 0.25) is 0 Å². The number of nitrogens with one attached hydrogen (secondary N) is 1. The molecule has 1 amide bonds. The summed E-state index contributed by atoms with van der Waals surface area (Å²) in [5.41, 5.74) is 1.06. The number of rotatable bonds is 7. The lowest BCUT2D eigenvalue weighted by Crippen LogP contribution is -2.33. The average molecular weight is 347 g/mol. The number of anilines is 1. The molecule has 130 valence electrons. The van der Waals surface area contributed by atoms with Gasteiger partial charge in [0.25, 0.3) is 0 Å². The minimum absolute atomic E-state index is 0.0228. The van der Waals surface area contributed by atoms with E-state index in [4.69, 9.17) is 0 Å². The Kier molecular flexibility index (Phi) is 5.98. The van der Waals surface area contributed by atoms with Crippen molar-refractivity contribution >= 4 is 22.4 Å². The zero-order valence-corrected chi connectivity index (χ0v) is 15.0. The smallest absolute Gasteiger partial charge is 0.226 e. The van der Waals surface area contributed by atoms with Crippen LogP contribution in [0.5, 0.6) is 0 Å². The molecular formula is C17H25N5OS. The fraction of sp³-hybridized carbons (Fsp3) is 0.588. The van der Waals surface area contributed by atoms with Crippen molar-refractivity contribution in [3.05, 3.63) is 29.5 Å². The third-order valence-electron chi connectivity index (χ3n) is 4.28. The molecule has 1 atom stereocenters. The molecular weight excluding hydrogens is 322 g/mol. The molecule has 0 radical (unpaired) electrons. The average Bonchev–Trinajstić information content (AvgIpc) is 3.20. The predicted octanol–water partition coefficient (Wildman–Crippen LogP) is 2.99. The van der Waals surface area contributed by atoms with Crippen LogP contribution in [0.1, 0.15) is 38.3 Å². The van der Waals surface area contributed by atoms with Gasteiger partial charge in [-0.1, -0.05) is 6.92 Å². The summed E-state index contributed by atoms with van der Waals surface area (Å²) < 4.78 is 1.84. The molecule has 0 spiro atoms. The topological polar surface area (TPSA) is 63.1 Å². The maximum absolute atomic E-state index is 12.0. The summed E-state index contributed by atoms with van der Waals surface area (Å²) in [5.74, 6) is 0.793. The highest BCUT2D eigenvalue weighted by atomic mass is 32.1. The Hall–Kier alpha value is -1.73. The molecule has 1 aliphatic heterocycles. The molecule has 1 unspecified atom stereocenters. The third-order valence-corrected chi connectivity index (χ3v) is 5.08. The summed E-state index contributed by atoms with van der Waals surface area (Å²) in [4.78, 5) is 19.0. The van der Waals surface area contributed by atoms with E-state index in [0.717, 1.165) is 44.2 Å². The molecule has 3 heterocycles. The normalized spacial score (nSPS) is 18.6. The van der Waals surface area contributed by atoms with Crippen LogP contribution in [0.4, 0.5) is 5.13 Å². The monoisotopic (exact) mass is 347 g/mol. The zero-order valence-electron chi connectivity index (χ0n) is 14.1. The van der Waals surface area contributed by atoms with Crippen LogP contribution < -0.4 is 5.32 Å². The summed E-state index contributed by atoms with van der Waals surface area (Å²) in [6.07, 6.45) is 7.51. The minimum Gasteiger partial charge on any atom is -0.302 e. The highest BCUT2D eigenvalue weighted by molar-refractivity contribution is 7.13. The fourth-order valence-electron chi connectivity index (χ4n) is 3.11. The van der Waals surface area contributed by atoms with E-state index in [2.05, 4.69) is 32.6 Å². The number of aromatic nitrogens is 3. The van der Waals surface area contributed by atoms with Crippen LogP contribution in [0.3, 0.4) is 0 Å². The van der Waals surface area contributed by atoms with Gasteiger partial charge in [-0.3, -0.25) is 14.4 Å². The van der Waals surface area contributed by atoms with Crippen LogP contribution in [-0.4, -0.2) is 38.7 Å². The van der Waals surface area contributed by atoms with E-state index >= 15 is 0 Å². The molecule has 1 aliphatic rings. The van der Waals surface area contributed by atoms with Crippen molar-refractivity contribution in [1.82, 2.24) is 19.7 Å². The summed E-state index contributed by atoms with van der Waals surface area (Å²) in [6.45, 7) is 6.25. The van der Waals surface area contributed by atoms with Gasteiger partial charge in [-0.25, -0.2) is 4.98 Å². The first-order valence-electron chi connectivity index (χ1n) is 8.63. The van der Waals surface area contributed by atoms with E-state index in [-0.39, 0.29) is 5.91 Å². The number of carbonyl (C=O) groups excluding carboxylic acids is 1. The van der Waals surface area contributed by atoms with Gasteiger partial charge < -0.3 is 5.32 Å². The minimum atomic E-state index is 0.0228. The number of hydrogen-bond donors (Lipinski definition) is 1. The SMILES string of the molecule is CC1CCCN(Cc2csc(NC(=O)CCCn3cccn3)n2)C1. The van der Waals surface area contributed by atoms with Crippen LogP contribution in [0.25, 0.3) is 0 Å². The van der Waals surface area contributed by atoms with E-state index in [9.17, 15) is 4.79 Å². The number of thiazole rings is 1. The molecule has 2 aromatic heterocycles. The molecule has 2 aromatic rings. The number of likely N-dealkylation sites (tertiary alicyclic amines) is 1. The number of hydrogen-bond acceptors (Lipinski definition) is 5. The highest BCUT2D eigenvalue weighted by Gasteiger charge is 2.17. The zero-order chi connectivity index (χ0) is 16.8. The fourth-order valence-corrected chi connectivity index (χ4v) is 3.83. The van der Waals surface area contributed by atoms with Gasteiger partial charge in [-0.05, 0) is 37.8 Å². The van der Waals surface area contributed by atoms with Crippen molar-refractivity contribution in [3.63, 3.8) is 0 Å². The van der Waals surface area contributed by atoms with E-state index in [1.54, 1.807) is 6.20 Å². The van der Waals surface area contributed by atoms with Crippen LogP contribution in [0.15, 0.2) is 23.8 Å². The van der Waals surface area contributed by atoms with Crippen molar-refractivity contribution in [1.29, 1.82) is 0 Å². The lowest BCUT2D eigenvalue weighted by Gasteiger charge is -2.30. The lowest BCUT2D eigenvalue weighted by molar-refractivity contribution is -0.116. The summed E-state index contributed by atoms with van der Waals surface area (Å²) in [5, 5.41) is 9.80. The highest BCUT2D eigenvalue weighted by Crippen LogP contribution is 2.21. The quantitative estimate of drug-likeness (QED) is 0.836. The Morgan fingerprint density at radius 2 is 2.42 bits per heavy atom. The molecule has 1 fully saturated rings. The standard InChI is InChI=1S/C17H25N5OS/c1-14-5-2-8-21(11-14)12-15-13-24-17(19-15)20-16(23)6-3-9-22-10-4-7-18-22/h4,7,10,13-14H,2-3,5-6,8-9,11-12H2,1H3,(H,19,20,23). The van der Waals surface area contributed by atoms with E-state index in [0.29, 0.717) is 11.6 Å². The second kappa shape index (κ2) is 8.39. The maximum Gasteiger partial charge on any atom is 0.226 e. The molecule has 0 aliphatic carbocycles. The maximum atomic E-state index is 12.0. The first kappa shape index (κ1) is 17.1. The van der Waals surface area contributed by atoms with E-state index in [1.165, 1.54) is 24.2 Å². The van der Waals surface area contributed by atoms with Crippen molar-refractivity contribution in [2.24, 2.45) is 5.92 Å². The number of nitrogens with zero attached hydrogens (tertiary/aromatic N) is 4. The summed E-state index contributed by atoms with van der Waals surface area (Å²) in [6, 6.07) is 1.89. The van der Waals surface area contributed by atoms with Gasteiger partial charge in [0.05, 0.1) is 5.69 Å². The Bertz CT molecular complexity index is 639. The number of carbonyl (C=O) groups is 1. The molecule has 24 heavy (non-hydrogen) atoms. The Labute approximate surface area is 146 Å². The van der Waals surface area contributed by atoms with Crippen molar-refractivity contribution in [3.8, 4) is 0 Å². The Morgan fingerprint density at radius 3 is 3.21 bits per heavy atom. The number of amides is 1. The molecule has 1 saturated heterocycles. The number of piperidine rings is 1. The first-order valence-corrected chi connectivity index (χ1v) is 9.51. The van der Waals surface area contributed by atoms with Gasteiger partial charge in [-0.2, -0.15) is 5.10 Å². The van der Waals surface area contributed by atoms with Gasteiger partial charge in [0.1, 0.15) is 0 Å². The third kappa shape index (κ3) is 5.14. The molecule has 3 rings (SSSR count). The van der Waals surface area contributed by atoms with Crippen LogP contribution in [0, 0.1) is 5.92 Å². The lowest BCUT2D eigenvalue weighted by atomic mass is 10.0. The largest absolute Gasteiger partial charge is 0.302 e. The second-order valence-electron chi connectivity index (χ2n) is 6.55. The van der Waals surface area contributed by atoms with Crippen molar-refractivity contribution in [2.45, 2.75) is 45.7 Å². The summed E-state index contributed by atoms with van der Waals surface area (Å²) >= 11 is 1.51.